The fourth-order valence-corrected chi connectivity index (χ4v) is 24.1. The molecule has 0 saturated carbocycles. The highest BCUT2D eigenvalue weighted by molar-refractivity contribution is 8.22. The van der Waals surface area contributed by atoms with Crippen molar-refractivity contribution >= 4 is 73.6 Å². The van der Waals surface area contributed by atoms with Crippen molar-refractivity contribution < 1.29 is 0 Å². The predicted molar refractivity (Wildman–Crippen MR) is 165 cm³/mol. The molecular weight excluding hydrogens is 509 g/mol. The summed E-state index contributed by atoms with van der Waals surface area (Å²) in [5, 5.41) is 3.22. The molecule has 2 aliphatic rings. The Hall–Kier alpha value is 0.274. The molecule has 2 aromatic rings. The lowest BCUT2D eigenvalue weighted by Gasteiger charge is -2.50. The van der Waals surface area contributed by atoms with Crippen LogP contribution in [0.1, 0.15) is 32.1 Å². The van der Waals surface area contributed by atoms with Crippen LogP contribution in [0.2, 0.25) is 26.2 Å². The van der Waals surface area contributed by atoms with E-state index in [1.54, 1.807) is 10.4 Å². The molecule has 0 radical (unpaired) electrons. The summed E-state index contributed by atoms with van der Waals surface area (Å²) < 4.78 is 0.826. The first-order valence-corrected chi connectivity index (χ1v) is 22.4. The summed E-state index contributed by atoms with van der Waals surface area (Å²) in [5.74, 6) is 5.37. The monoisotopic (exact) mass is 548 g/mol. The van der Waals surface area contributed by atoms with E-state index in [9.17, 15) is 0 Å². The Labute approximate surface area is 221 Å². The van der Waals surface area contributed by atoms with E-state index in [1.165, 1.54) is 55.1 Å². The largest absolute Gasteiger partial charge is 0.148 e. The van der Waals surface area contributed by atoms with Crippen LogP contribution in [0.5, 0.6) is 0 Å². The lowest BCUT2D eigenvalue weighted by molar-refractivity contribution is 0.696. The van der Waals surface area contributed by atoms with Gasteiger partial charge in [-0.1, -0.05) is 97.2 Å². The van der Waals surface area contributed by atoms with E-state index in [4.69, 9.17) is 0 Å². The van der Waals surface area contributed by atoms with Crippen molar-refractivity contribution in [3.8, 4) is 0 Å². The highest BCUT2D eigenvalue weighted by Crippen LogP contribution is 2.55. The van der Waals surface area contributed by atoms with Gasteiger partial charge in [-0.05, 0) is 55.1 Å². The zero-order valence-electron chi connectivity index (χ0n) is 20.8. The van der Waals surface area contributed by atoms with Crippen LogP contribution in [-0.2, 0) is 0 Å². The standard InChI is InChI=1S/C27H40S4Si2/c1-32(2,3)26(28-20-12-21-29-26)18-11-19-27(30-22-13-23-31-27)33(4,24-14-7-5-8-15-24)25-16-9-6-10-17-25/h5-10,14-17H,11-13,18-23H2,1-4H3. The number of thioether (sulfide) groups is 4. The van der Waals surface area contributed by atoms with E-state index < -0.39 is 16.1 Å². The minimum absolute atomic E-state index is 0.318. The molecule has 2 aliphatic heterocycles. The number of hydrogen-bond acceptors (Lipinski definition) is 4. The van der Waals surface area contributed by atoms with E-state index >= 15 is 0 Å². The Morgan fingerprint density at radius 3 is 1.42 bits per heavy atom. The molecule has 0 atom stereocenters. The van der Waals surface area contributed by atoms with Gasteiger partial charge in [0, 0.05) is 0 Å². The van der Waals surface area contributed by atoms with Gasteiger partial charge in [-0.25, -0.2) is 0 Å². The van der Waals surface area contributed by atoms with Crippen molar-refractivity contribution in [3.63, 3.8) is 0 Å². The third-order valence-electron chi connectivity index (χ3n) is 7.54. The zero-order valence-corrected chi connectivity index (χ0v) is 26.0. The van der Waals surface area contributed by atoms with Gasteiger partial charge in [0.25, 0.3) is 0 Å². The molecule has 2 aromatic carbocycles. The van der Waals surface area contributed by atoms with Crippen molar-refractivity contribution in [2.24, 2.45) is 0 Å². The molecule has 0 spiro atoms. The zero-order chi connectivity index (χ0) is 23.4. The molecule has 6 heteroatoms. The van der Waals surface area contributed by atoms with Gasteiger partial charge in [0.15, 0.2) is 0 Å². The number of benzene rings is 2. The lowest BCUT2D eigenvalue weighted by Crippen LogP contribution is -2.69. The van der Waals surface area contributed by atoms with Crippen LogP contribution in [0.3, 0.4) is 0 Å². The molecule has 0 amide bonds. The number of rotatable bonds is 8. The molecule has 2 fully saturated rings. The van der Waals surface area contributed by atoms with Crippen molar-refractivity contribution in [1.29, 1.82) is 0 Å². The maximum Gasteiger partial charge on any atom is 0.142 e. The average Bonchev–Trinajstić information content (AvgIpc) is 2.85. The first kappa shape index (κ1) is 26.3. The summed E-state index contributed by atoms with van der Waals surface area (Å²) in [5.41, 5.74) is 0. The van der Waals surface area contributed by atoms with E-state index in [2.05, 4.69) is 134 Å². The van der Waals surface area contributed by atoms with Crippen molar-refractivity contribution in [1.82, 2.24) is 0 Å². The minimum atomic E-state index is -1.98. The summed E-state index contributed by atoms with van der Waals surface area (Å²) in [6.07, 6.45) is 6.86. The van der Waals surface area contributed by atoms with Gasteiger partial charge in [0.2, 0.25) is 0 Å². The molecule has 33 heavy (non-hydrogen) atoms. The van der Waals surface area contributed by atoms with Gasteiger partial charge in [-0.2, -0.15) is 0 Å². The highest BCUT2D eigenvalue weighted by Gasteiger charge is 2.54. The summed E-state index contributed by atoms with van der Waals surface area (Å²) >= 11 is 9.30. The Balaban J connectivity index is 1.68. The van der Waals surface area contributed by atoms with E-state index in [0.717, 1.165) is 0 Å². The third-order valence-corrected chi connectivity index (χ3v) is 28.7. The van der Waals surface area contributed by atoms with Crippen LogP contribution in [0.4, 0.5) is 0 Å². The van der Waals surface area contributed by atoms with Crippen molar-refractivity contribution in [2.75, 3.05) is 23.0 Å². The second kappa shape index (κ2) is 11.1. The topological polar surface area (TPSA) is 0 Å². The van der Waals surface area contributed by atoms with Gasteiger partial charge in [-0.15, -0.1) is 47.0 Å². The van der Waals surface area contributed by atoms with Crippen LogP contribution in [0.15, 0.2) is 60.7 Å². The SMILES string of the molecule is C[Si](C)(C)C1(CCCC2([Si](C)(c3ccccc3)c3ccccc3)SCCCS2)SCCCS1. The molecule has 4 rings (SSSR count). The van der Waals surface area contributed by atoms with Crippen molar-refractivity contribution in [3.05, 3.63) is 60.7 Å². The fourth-order valence-electron chi connectivity index (χ4n) is 5.49. The lowest BCUT2D eigenvalue weighted by atomic mass is 10.2. The van der Waals surface area contributed by atoms with E-state index in [0.29, 0.717) is 7.40 Å². The first-order chi connectivity index (χ1) is 15.8. The molecule has 0 nitrogen and oxygen atoms in total. The Kier molecular flexibility index (Phi) is 8.88. The van der Waals surface area contributed by atoms with E-state index in [-0.39, 0.29) is 0 Å². The van der Waals surface area contributed by atoms with Gasteiger partial charge >= 0.3 is 0 Å². The van der Waals surface area contributed by atoms with Gasteiger partial charge < -0.3 is 0 Å². The molecule has 0 unspecified atom stereocenters. The smallest absolute Gasteiger partial charge is 0.142 e. The molecular formula is C27H40S4Si2. The maximum atomic E-state index is 2.68. The van der Waals surface area contributed by atoms with Gasteiger partial charge in [0.05, 0.1) is 15.5 Å². The molecule has 2 heterocycles. The summed E-state index contributed by atoms with van der Waals surface area (Å²) in [6, 6.07) is 23.2. The quantitative estimate of drug-likeness (QED) is 0.311. The normalized spacial score (nSPS) is 21.0. The average molecular weight is 549 g/mol. The second-order valence-corrected chi connectivity index (χ2v) is 27.7. The maximum absolute atomic E-state index is 2.68. The fraction of sp³-hybridized carbons (Fsp3) is 0.556. The van der Waals surface area contributed by atoms with Gasteiger partial charge in [0.1, 0.15) is 8.07 Å². The Bertz CT molecular complexity index is 830. The summed E-state index contributed by atoms with van der Waals surface area (Å²) in [7, 11) is -3.25. The van der Waals surface area contributed by atoms with Crippen molar-refractivity contribution in [2.45, 2.75) is 65.7 Å². The molecule has 0 N–H and O–H groups in total. The van der Waals surface area contributed by atoms with E-state index in [1.807, 2.05) is 0 Å². The number of hydrogen-bond donors (Lipinski definition) is 0. The molecule has 180 valence electrons. The van der Waals surface area contributed by atoms with Crippen LogP contribution in [0.25, 0.3) is 0 Å². The van der Waals surface area contributed by atoms with Gasteiger partial charge in [-0.3, -0.25) is 0 Å². The van der Waals surface area contributed by atoms with Crippen LogP contribution in [0, 0.1) is 0 Å². The minimum Gasteiger partial charge on any atom is -0.148 e. The first-order valence-electron chi connectivity index (χ1n) is 12.5. The third kappa shape index (κ3) is 5.36. The van der Waals surface area contributed by atoms with Crippen LogP contribution < -0.4 is 10.4 Å². The van der Waals surface area contributed by atoms with Crippen LogP contribution in [-0.4, -0.2) is 46.6 Å². The molecule has 2 saturated heterocycles. The second-order valence-electron chi connectivity index (χ2n) is 10.6. The molecule has 0 aromatic heterocycles. The summed E-state index contributed by atoms with van der Waals surface area (Å²) in [4.78, 5) is 0. The molecule has 0 bridgehead atoms. The highest BCUT2D eigenvalue weighted by atomic mass is 32.2. The predicted octanol–water partition coefficient (Wildman–Crippen LogP) is 7.60. The van der Waals surface area contributed by atoms with Crippen LogP contribution >= 0.6 is 47.0 Å². The Morgan fingerprint density at radius 1 is 0.606 bits per heavy atom. The molecule has 0 aliphatic carbocycles. The summed E-state index contributed by atoms with van der Waals surface area (Å²) in [6.45, 7) is 10.5. The Morgan fingerprint density at radius 2 is 1.00 bits per heavy atom.